The maximum atomic E-state index is 12.7. The van der Waals surface area contributed by atoms with Crippen LogP contribution in [0.25, 0.3) is 0 Å². The molecule has 0 spiro atoms. The third-order valence-corrected chi connectivity index (χ3v) is 2.40. The van der Waals surface area contributed by atoms with Crippen molar-refractivity contribution >= 4 is 17.9 Å². The molecule has 108 valence electrons. The van der Waals surface area contributed by atoms with Gasteiger partial charge in [0, 0.05) is 24.8 Å². The molecular formula is C12H13FN2O5. The standard InChI is InChI=1S/C12H13FN2O5/c13-9(6-14)5-11(16)7-20-12(17)8-1-3-10(4-2-8)15(18)19/h1-4,6,9,11,14,16H,5,7H2/t9-,11-/m0/s1. The smallest absolute Gasteiger partial charge is 0.338 e. The van der Waals surface area contributed by atoms with Crippen molar-refractivity contribution < 1.29 is 24.0 Å². The van der Waals surface area contributed by atoms with Crippen molar-refractivity contribution in [3.63, 3.8) is 0 Å². The predicted molar refractivity (Wildman–Crippen MR) is 67.7 cm³/mol. The van der Waals surface area contributed by atoms with Crippen molar-refractivity contribution in [1.82, 2.24) is 0 Å². The number of aliphatic hydroxyl groups is 1. The van der Waals surface area contributed by atoms with E-state index >= 15 is 0 Å². The predicted octanol–water partition coefficient (Wildman–Crippen LogP) is 1.49. The molecule has 2 atom stereocenters. The Hall–Kier alpha value is -2.35. The first-order valence-electron chi connectivity index (χ1n) is 5.68. The van der Waals surface area contributed by atoms with Gasteiger partial charge in [-0.3, -0.25) is 10.1 Å². The van der Waals surface area contributed by atoms with E-state index in [1.165, 1.54) is 12.1 Å². The fourth-order valence-electron chi connectivity index (χ4n) is 1.37. The molecule has 1 aromatic rings. The normalized spacial score (nSPS) is 13.3. The summed E-state index contributed by atoms with van der Waals surface area (Å²) in [6.45, 7) is -0.413. The first-order valence-corrected chi connectivity index (χ1v) is 5.68. The average molecular weight is 284 g/mol. The number of esters is 1. The highest BCUT2D eigenvalue weighted by molar-refractivity contribution is 5.89. The molecule has 7 nitrogen and oxygen atoms in total. The average Bonchev–Trinajstić information content (AvgIpc) is 2.44. The molecule has 0 fully saturated rings. The molecule has 0 aliphatic heterocycles. The zero-order valence-corrected chi connectivity index (χ0v) is 10.4. The number of benzene rings is 1. The Kier molecular flexibility index (Phi) is 5.73. The van der Waals surface area contributed by atoms with Crippen LogP contribution in [0, 0.1) is 15.5 Å². The Bertz CT molecular complexity index is 491. The molecule has 0 unspecified atom stereocenters. The minimum atomic E-state index is -1.59. The third kappa shape index (κ3) is 4.73. The van der Waals surface area contributed by atoms with Crippen molar-refractivity contribution in [2.45, 2.75) is 18.7 Å². The van der Waals surface area contributed by atoms with Gasteiger partial charge in [-0.05, 0) is 12.1 Å². The first kappa shape index (κ1) is 15.7. The minimum Gasteiger partial charge on any atom is -0.459 e. The van der Waals surface area contributed by atoms with Crippen molar-refractivity contribution in [2.75, 3.05) is 6.61 Å². The zero-order valence-electron chi connectivity index (χ0n) is 10.4. The van der Waals surface area contributed by atoms with Crippen LogP contribution >= 0.6 is 0 Å². The van der Waals surface area contributed by atoms with Gasteiger partial charge in [-0.15, -0.1) is 0 Å². The fourth-order valence-corrected chi connectivity index (χ4v) is 1.37. The van der Waals surface area contributed by atoms with E-state index in [1.54, 1.807) is 0 Å². The van der Waals surface area contributed by atoms with Crippen LogP contribution in [0.2, 0.25) is 0 Å². The number of hydrogen-bond donors (Lipinski definition) is 2. The number of rotatable bonds is 7. The zero-order chi connectivity index (χ0) is 15.1. The Labute approximate surface area is 113 Å². The molecule has 0 saturated carbocycles. The third-order valence-electron chi connectivity index (χ3n) is 2.40. The fraction of sp³-hybridized carbons (Fsp3) is 0.333. The second-order valence-corrected chi connectivity index (χ2v) is 3.97. The largest absolute Gasteiger partial charge is 0.459 e. The quantitative estimate of drug-likeness (QED) is 0.341. The number of aliphatic hydroxyl groups excluding tert-OH is 1. The topological polar surface area (TPSA) is 114 Å². The molecule has 0 aromatic heterocycles. The molecule has 0 aliphatic carbocycles. The van der Waals surface area contributed by atoms with Gasteiger partial charge in [-0.2, -0.15) is 0 Å². The van der Waals surface area contributed by atoms with Crippen LogP contribution < -0.4 is 0 Å². The van der Waals surface area contributed by atoms with Gasteiger partial charge >= 0.3 is 5.97 Å². The SMILES string of the molecule is N=C[C@@H](F)C[C@H](O)COC(=O)c1ccc([N+](=O)[O-])cc1. The second kappa shape index (κ2) is 7.29. The number of carbonyl (C=O) groups is 1. The van der Waals surface area contributed by atoms with E-state index in [1.807, 2.05) is 0 Å². The molecule has 20 heavy (non-hydrogen) atoms. The van der Waals surface area contributed by atoms with Crippen LogP contribution in [0.15, 0.2) is 24.3 Å². The summed E-state index contributed by atoms with van der Waals surface area (Å²) in [4.78, 5) is 21.4. The second-order valence-electron chi connectivity index (χ2n) is 3.97. The molecule has 0 amide bonds. The summed E-state index contributed by atoms with van der Waals surface area (Å²) in [5.41, 5.74) is -0.0699. The first-order chi connectivity index (χ1) is 9.43. The van der Waals surface area contributed by atoms with E-state index in [0.717, 1.165) is 12.1 Å². The van der Waals surface area contributed by atoms with Gasteiger partial charge in [0.25, 0.3) is 5.69 Å². The van der Waals surface area contributed by atoms with Gasteiger partial charge < -0.3 is 15.3 Å². The van der Waals surface area contributed by atoms with Gasteiger partial charge in [-0.25, -0.2) is 9.18 Å². The number of alkyl halides is 1. The van der Waals surface area contributed by atoms with Crippen LogP contribution in [0.4, 0.5) is 10.1 Å². The van der Waals surface area contributed by atoms with E-state index in [4.69, 9.17) is 10.1 Å². The molecular weight excluding hydrogens is 271 g/mol. The van der Waals surface area contributed by atoms with Gasteiger partial charge in [0.05, 0.1) is 16.6 Å². The molecule has 8 heteroatoms. The number of hydrogen-bond acceptors (Lipinski definition) is 6. The molecule has 0 aliphatic rings. The maximum absolute atomic E-state index is 12.7. The Morgan fingerprint density at radius 3 is 2.60 bits per heavy atom. The summed E-state index contributed by atoms with van der Waals surface area (Å²) < 4.78 is 17.5. The summed E-state index contributed by atoms with van der Waals surface area (Å²) in [6.07, 6.45) is -2.60. The summed E-state index contributed by atoms with van der Waals surface area (Å²) in [5.74, 6) is -0.774. The highest BCUT2D eigenvalue weighted by atomic mass is 19.1. The van der Waals surface area contributed by atoms with E-state index in [0.29, 0.717) is 6.21 Å². The van der Waals surface area contributed by atoms with Crippen LogP contribution in [-0.4, -0.2) is 41.1 Å². The van der Waals surface area contributed by atoms with Crippen molar-refractivity contribution in [3.05, 3.63) is 39.9 Å². The molecule has 0 heterocycles. The number of nitrogens with one attached hydrogen (secondary N) is 1. The highest BCUT2D eigenvalue weighted by Crippen LogP contribution is 2.13. The number of nitro groups is 1. The van der Waals surface area contributed by atoms with E-state index in [9.17, 15) is 24.4 Å². The van der Waals surface area contributed by atoms with E-state index in [2.05, 4.69) is 0 Å². The summed E-state index contributed by atoms with van der Waals surface area (Å²) >= 11 is 0. The summed E-state index contributed by atoms with van der Waals surface area (Å²) in [7, 11) is 0. The van der Waals surface area contributed by atoms with Gasteiger partial charge in [0.2, 0.25) is 0 Å². The Morgan fingerprint density at radius 1 is 1.50 bits per heavy atom. The number of halogens is 1. The molecule has 2 N–H and O–H groups in total. The minimum absolute atomic E-state index is 0.0895. The maximum Gasteiger partial charge on any atom is 0.338 e. The molecule has 1 rings (SSSR count). The lowest BCUT2D eigenvalue weighted by Gasteiger charge is -2.11. The number of nitro benzene ring substituents is 1. The summed E-state index contributed by atoms with van der Waals surface area (Å²) in [6, 6.07) is 4.75. The molecule has 0 radical (unpaired) electrons. The lowest BCUT2D eigenvalue weighted by molar-refractivity contribution is -0.384. The monoisotopic (exact) mass is 284 g/mol. The van der Waals surface area contributed by atoms with Crippen molar-refractivity contribution in [1.29, 1.82) is 5.41 Å². The highest BCUT2D eigenvalue weighted by Gasteiger charge is 2.15. The Balaban J connectivity index is 2.50. The van der Waals surface area contributed by atoms with Crippen molar-refractivity contribution in [2.24, 2.45) is 0 Å². The summed E-state index contributed by atoms with van der Waals surface area (Å²) in [5, 5.41) is 26.4. The lowest BCUT2D eigenvalue weighted by atomic mass is 10.2. The van der Waals surface area contributed by atoms with Gasteiger partial charge in [-0.1, -0.05) is 0 Å². The number of ether oxygens (including phenoxy) is 1. The lowest BCUT2D eigenvalue weighted by Crippen LogP contribution is -2.22. The van der Waals surface area contributed by atoms with Crippen LogP contribution in [0.5, 0.6) is 0 Å². The van der Waals surface area contributed by atoms with Gasteiger partial charge in [0.1, 0.15) is 12.8 Å². The van der Waals surface area contributed by atoms with Crippen LogP contribution in [0.1, 0.15) is 16.8 Å². The van der Waals surface area contributed by atoms with Gasteiger partial charge in [0.15, 0.2) is 0 Å². The van der Waals surface area contributed by atoms with Crippen LogP contribution in [-0.2, 0) is 4.74 Å². The molecule has 1 aromatic carbocycles. The van der Waals surface area contributed by atoms with E-state index in [-0.39, 0.29) is 17.7 Å². The number of carbonyl (C=O) groups excluding carboxylic acids is 1. The Morgan fingerprint density at radius 2 is 2.10 bits per heavy atom. The number of nitrogens with zero attached hydrogens (tertiary/aromatic N) is 1. The number of non-ortho nitro benzene ring substituents is 1. The van der Waals surface area contributed by atoms with Crippen LogP contribution in [0.3, 0.4) is 0 Å². The molecule has 0 bridgehead atoms. The van der Waals surface area contributed by atoms with Crippen molar-refractivity contribution in [3.8, 4) is 0 Å². The van der Waals surface area contributed by atoms with E-state index < -0.39 is 29.8 Å². The molecule has 0 saturated heterocycles.